The van der Waals surface area contributed by atoms with Crippen LogP contribution in [0, 0.1) is 25.2 Å². The lowest BCUT2D eigenvalue weighted by molar-refractivity contribution is 0.914. The molecule has 0 fully saturated rings. The van der Waals surface area contributed by atoms with Crippen molar-refractivity contribution in [2.24, 2.45) is 0 Å². The van der Waals surface area contributed by atoms with Crippen molar-refractivity contribution in [1.29, 1.82) is 5.26 Å². The molecule has 3 rings (SSSR count). The number of hydrogen-bond acceptors (Lipinski definition) is 5. The van der Waals surface area contributed by atoms with Gasteiger partial charge in [-0.05, 0) is 44.5 Å². The summed E-state index contributed by atoms with van der Waals surface area (Å²) in [6.07, 6.45) is 0. The molecule has 2 heterocycles. The summed E-state index contributed by atoms with van der Waals surface area (Å²) in [4.78, 5) is 24.1. The Labute approximate surface area is 143 Å². The van der Waals surface area contributed by atoms with E-state index < -0.39 is 0 Å². The van der Waals surface area contributed by atoms with Crippen LogP contribution in [0.1, 0.15) is 34.8 Å². The molecule has 0 saturated carbocycles. The third-order valence-corrected chi connectivity index (χ3v) is 4.82. The van der Waals surface area contributed by atoms with Crippen molar-refractivity contribution in [2.45, 2.75) is 31.0 Å². The van der Waals surface area contributed by atoms with E-state index in [9.17, 15) is 10.1 Å². The molecule has 0 aliphatic rings. The molecule has 3 aromatic rings. The molecule has 1 aromatic carbocycles. The van der Waals surface area contributed by atoms with Crippen LogP contribution in [0.25, 0.3) is 10.9 Å². The van der Waals surface area contributed by atoms with Gasteiger partial charge in [0.05, 0.1) is 21.7 Å². The molecule has 0 radical (unpaired) electrons. The van der Waals surface area contributed by atoms with Crippen LogP contribution in [0.15, 0.2) is 40.2 Å². The van der Waals surface area contributed by atoms with Crippen LogP contribution in [0.5, 0.6) is 0 Å². The summed E-state index contributed by atoms with van der Waals surface area (Å²) in [6, 6.07) is 11.4. The molecule has 1 unspecified atom stereocenters. The van der Waals surface area contributed by atoms with Gasteiger partial charge in [0.1, 0.15) is 16.9 Å². The van der Waals surface area contributed by atoms with Gasteiger partial charge in [-0.25, -0.2) is 9.97 Å². The minimum absolute atomic E-state index is 0.136. The molecule has 24 heavy (non-hydrogen) atoms. The highest BCUT2D eigenvalue weighted by atomic mass is 32.2. The van der Waals surface area contributed by atoms with Gasteiger partial charge in [-0.2, -0.15) is 5.26 Å². The zero-order valence-electron chi connectivity index (χ0n) is 13.6. The molecule has 0 amide bonds. The van der Waals surface area contributed by atoms with Gasteiger partial charge < -0.3 is 4.98 Å². The molecule has 2 aromatic heterocycles. The highest BCUT2D eigenvalue weighted by Crippen LogP contribution is 2.34. The predicted molar refractivity (Wildman–Crippen MR) is 95.1 cm³/mol. The van der Waals surface area contributed by atoms with Gasteiger partial charge in [-0.3, -0.25) is 4.79 Å². The van der Waals surface area contributed by atoms with Crippen molar-refractivity contribution < 1.29 is 0 Å². The Kier molecular flexibility index (Phi) is 4.36. The molecule has 0 aliphatic heterocycles. The second kappa shape index (κ2) is 6.46. The van der Waals surface area contributed by atoms with Crippen molar-refractivity contribution in [3.05, 3.63) is 63.3 Å². The average Bonchev–Trinajstić information content (AvgIpc) is 2.54. The molecule has 5 nitrogen and oxygen atoms in total. The summed E-state index contributed by atoms with van der Waals surface area (Å²) < 4.78 is 0. The number of fused-ring (bicyclic) bond motifs is 1. The lowest BCUT2D eigenvalue weighted by atomic mass is 10.1. The smallest absolute Gasteiger partial charge is 0.258 e. The number of pyridine rings is 1. The van der Waals surface area contributed by atoms with E-state index in [2.05, 4.69) is 21.0 Å². The topological polar surface area (TPSA) is 82.4 Å². The van der Waals surface area contributed by atoms with E-state index in [-0.39, 0.29) is 10.8 Å². The van der Waals surface area contributed by atoms with Crippen LogP contribution in [0.4, 0.5) is 0 Å². The van der Waals surface area contributed by atoms with Crippen molar-refractivity contribution in [3.8, 4) is 6.07 Å². The first kappa shape index (κ1) is 16.2. The summed E-state index contributed by atoms with van der Waals surface area (Å²) >= 11 is 1.43. The normalized spacial score (nSPS) is 12.1. The van der Waals surface area contributed by atoms with Crippen LogP contribution in [-0.4, -0.2) is 15.0 Å². The number of aromatic nitrogens is 3. The first-order valence-corrected chi connectivity index (χ1v) is 8.41. The fraction of sp³-hybridized carbons (Fsp3) is 0.222. The third kappa shape index (κ3) is 3.03. The number of para-hydroxylation sites is 1. The minimum atomic E-state index is -0.156. The molecular formula is C18H16N4OS. The van der Waals surface area contributed by atoms with Crippen LogP contribution in [-0.2, 0) is 0 Å². The molecule has 6 heteroatoms. The second-order valence-corrected chi connectivity index (χ2v) is 6.93. The zero-order chi connectivity index (χ0) is 17.3. The lowest BCUT2D eigenvalue weighted by Gasteiger charge is -2.13. The van der Waals surface area contributed by atoms with E-state index >= 15 is 0 Å². The van der Waals surface area contributed by atoms with Gasteiger partial charge in [0.2, 0.25) is 0 Å². The Morgan fingerprint density at radius 3 is 2.75 bits per heavy atom. The standard InChI is InChI=1S/C18H16N4OS/c1-10-8-11(2)20-18(14(10)9-19)24-12(3)16-21-15-7-5-4-6-13(15)17(23)22-16/h4-8,12H,1-3H3,(H,21,22,23). The van der Waals surface area contributed by atoms with Crippen LogP contribution >= 0.6 is 11.8 Å². The summed E-state index contributed by atoms with van der Waals surface area (Å²) in [6.45, 7) is 5.75. The van der Waals surface area contributed by atoms with Crippen LogP contribution in [0.3, 0.4) is 0 Å². The predicted octanol–water partition coefficient (Wildman–Crippen LogP) is 3.66. The van der Waals surface area contributed by atoms with Crippen LogP contribution in [0.2, 0.25) is 0 Å². The largest absolute Gasteiger partial charge is 0.309 e. The Morgan fingerprint density at radius 1 is 1.25 bits per heavy atom. The quantitative estimate of drug-likeness (QED) is 0.738. The summed E-state index contributed by atoms with van der Waals surface area (Å²) in [7, 11) is 0. The number of hydrogen-bond donors (Lipinski definition) is 1. The van der Waals surface area contributed by atoms with Gasteiger partial charge in [0.15, 0.2) is 0 Å². The van der Waals surface area contributed by atoms with Gasteiger partial charge in [-0.1, -0.05) is 23.9 Å². The van der Waals surface area contributed by atoms with Crippen molar-refractivity contribution in [1.82, 2.24) is 15.0 Å². The maximum absolute atomic E-state index is 12.2. The molecular weight excluding hydrogens is 320 g/mol. The average molecular weight is 336 g/mol. The summed E-state index contributed by atoms with van der Waals surface area (Å²) in [5.41, 5.74) is 2.84. The van der Waals surface area contributed by atoms with Gasteiger partial charge in [-0.15, -0.1) is 0 Å². The van der Waals surface area contributed by atoms with E-state index in [1.54, 1.807) is 6.07 Å². The molecule has 0 aliphatic carbocycles. The SMILES string of the molecule is Cc1cc(C)c(C#N)c(SC(C)c2nc3ccccc3c(=O)[nH]2)n1. The Morgan fingerprint density at radius 2 is 2.00 bits per heavy atom. The van der Waals surface area contributed by atoms with Crippen LogP contribution < -0.4 is 5.56 Å². The number of aryl methyl sites for hydroxylation is 2. The number of nitrogens with one attached hydrogen (secondary N) is 1. The minimum Gasteiger partial charge on any atom is -0.309 e. The Hall–Kier alpha value is -2.65. The fourth-order valence-electron chi connectivity index (χ4n) is 2.54. The molecule has 0 spiro atoms. The Bertz CT molecular complexity index is 1020. The molecule has 0 bridgehead atoms. The van der Waals surface area contributed by atoms with Gasteiger partial charge in [0, 0.05) is 5.69 Å². The highest BCUT2D eigenvalue weighted by Gasteiger charge is 2.17. The number of thioether (sulfide) groups is 1. The third-order valence-electron chi connectivity index (χ3n) is 3.73. The van der Waals surface area contributed by atoms with E-state index in [0.29, 0.717) is 27.3 Å². The monoisotopic (exact) mass is 336 g/mol. The number of H-pyrrole nitrogens is 1. The molecule has 1 N–H and O–H groups in total. The summed E-state index contributed by atoms with van der Waals surface area (Å²) in [5.74, 6) is 0.577. The first-order valence-electron chi connectivity index (χ1n) is 7.53. The van der Waals surface area contributed by atoms with E-state index in [1.165, 1.54) is 11.8 Å². The second-order valence-electron chi connectivity index (χ2n) is 5.60. The molecule has 1 atom stereocenters. The molecule has 0 saturated heterocycles. The first-order chi connectivity index (χ1) is 11.5. The maximum Gasteiger partial charge on any atom is 0.258 e. The van der Waals surface area contributed by atoms with Gasteiger partial charge >= 0.3 is 0 Å². The number of nitriles is 1. The van der Waals surface area contributed by atoms with Crippen molar-refractivity contribution >= 4 is 22.7 Å². The zero-order valence-corrected chi connectivity index (χ0v) is 14.4. The van der Waals surface area contributed by atoms with Crippen molar-refractivity contribution in [2.75, 3.05) is 0 Å². The van der Waals surface area contributed by atoms with E-state index in [0.717, 1.165) is 11.3 Å². The molecule has 120 valence electrons. The van der Waals surface area contributed by atoms with Crippen molar-refractivity contribution in [3.63, 3.8) is 0 Å². The number of benzene rings is 1. The number of nitrogens with zero attached hydrogens (tertiary/aromatic N) is 3. The van der Waals surface area contributed by atoms with E-state index in [4.69, 9.17) is 0 Å². The number of aromatic amines is 1. The highest BCUT2D eigenvalue weighted by molar-refractivity contribution is 7.99. The summed E-state index contributed by atoms with van der Waals surface area (Å²) in [5, 5.41) is 10.5. The van der Waals surface area contributed by atoms with Gasteiger partial charge in [0.25, 0.3) is 5.56 Å². The lowest BCUT2D eigenvalue weighted by Crippen LogP contribution is -2.13. The van der Waals surface area contributed by atoms with E-state index in [1.807, 2.05) is 45.0 Å². The number of rotatable bonds is 3. The fourth-order valence-corrected chi connectivity index (χ4v) is 3.62. The maximum atomic E-state index is 12.2. The Balaban J connectivity index is 2.01.